The number of para-hydroxylation sites is 1. The van der Waals surface area contributed by atoms with Crippen molar-refractivity contribution in [1.29, 1.82) is 0 Å². The highest BCUT2D eigenvalue weighted by atomic mass is 16.6. The fraction of sp³-hybridized carbons (Fsp3) is 0.529. The Morgan fingerprint density at radius 1 is 1.36 bits per heavy atom. The minimum atomic E-state index is -0.434. The second-order valence-electron chi connectivity index (χ2n) is 7.39. The Bertz CT molecular complexity index is 757. The van der Waals surface area contributed by atoms with Gasteiger partial charge < -0.3 is 14.6 Å². The molecule has 2 aromatic rings. The Hall–Kier alpha value is -2.04. The van der Waals surface area contributed by atoms with Crippen LogP contribution in [-0.2, 0) is 0 Å². The minimum absolute atomic E-state index is 0.319. The summed E-state index contributed by atoms with van der Waals surface area (Å²) in [7, 11) is 0. The molecule has 2 bridgehead atoms. The lowest BCUT2D eigenvalue weighted by molar-refractivity contribution is 0.191. The summed E-state index contributed by atoms with van der Waals surface area (Å²) < 4.78 is 7.85. The average Bonchev–Trinajstić information content (AvgIpc) is 3.07. The van der Waals surface area contributed by atoms with E-state index in [1.54, 1.807) is 0 Å². The van der Waals surface area contributed by atoms with E-state index in [1.807, 2.05) is 32.9 Å². The van der Waals surface area contributed by atoms with Crippen LogP contribution in [0.3, 0.4) is 0 Å². The van der Waals surface area contributed by atoms with Gasteiger partial charge >= 0.3 is 6.09 Å². The van der Waals surface area contributed by atoms with Crippen molar-refractivity contribution < 1.29 is 9.53 Å². The minimum Gasteiger partial charge on any atom is -0.408 e. The van der Waals surface area contributed by atoms with Gasteiger partial charge in [-0.2, -0.15) is 0 Å². The van der Waals surface area contributed by atoms with Gasteiger partial charge in [-0.05, 0) is 52.2 Å². The highest BCUT2D eigenvalue weighted by Crippen LogP contribution is 2.50. The second-order valence-corrected chi connectivity index (χ2v) is 7.39. The van der Waals surface area contributed by atoms with Crippen molar-refractivity contribution in [3.63, 3.8) is 0 Å². The summed E-state index contributed by atoms with van der Waals surface area (Å²) in [6.07, 6.45) is 3.25. The van der Waals surface area contributed by atoms with Crippen LogP contribution in [0.4, 0.5) is 4.79 Å². The van der Waals surface area contributed by atoms with Gasteiger partial charge in [0.15, 0.2) is 5.75 Å². The third-order valence-electron chi connectivity index (χ3n) is 4.53. The van der Waals surface area contributed by atoms with Crippen LogP contribution in [-0.4, -0.2) is 21.2 Å². The monoisotopic (exact) mass is 299 g/mol. The Morgan fingerprint density at radius 2 is 2.18 bits per heavy atom. The van der Waals surface area contributed by atoms with Crippen LogP contribution in [0.5, 0.6) is 5.75 Å². The number of fused-ring (bicyclic) bond motifs is 7. The number of hydrogen-bond acceptors (Lipinski definition) is 3. The van der Waals surface area contributed by atoms with Crippen molar-refractivity contribution in [1.82, 2.24) is 14.9 Å². The van der Waals surface area contributed by atoms with Crippen molar-refractivity contribution in [3.05, 3.63) is 24.0 Å². The van der Waals surface area contributed by atoms with E-state index < -0.39 is 6.09 Å². The molecule has 0 spiro atoms. The maximum absolute atomic E-state index is 12.0. The summed E-state index contributed by atoms with van der Waals surface area (Å²) in [4.78, 5) is 16.8. The second kappa shape index (κ2) is 4.48. The number of amides is 1. The fourth-order valence-electron chi connectivity index (χ4n) is 3.72. The van der Waals surface area contributed by atoms with Gasteiger partial charge in [0.05, 0.1) is 5.52 Å². The van der Waals surface area contributed by atoms with E-state index in [2.05, 4.69) is 16.0 Å². The Balaban J connectivity index is 1.70. The summed E-state index contributed by atoms with van der Waals surface area (Å²) in [5.41, 5.74) is 1.57. The van der Waals surface area contributed by atoms with E-state index in [-0.39, 0.29) is 5.54 Å². The zero-order valence-corrected chi connectivity index (χ0v) is 13.2. The molecule has 1 fully saturated rings. The van der Waals surface area contributed by atoms with Crippen molar-refractivity contribution >= 4 is 17.1 Å². The summed E-state index contributed by atoms with van der Waals surface area (Å²) in [5, 5.41) is 2.82. The van der Waals surface area contributed by atoms with Gasteiger partial charge in [-0.3, -0.25) is 0 Å². The zero-order valence-electron chi connectivity index (χ0n) is 13.2. The van der Waals surface area contributed by atoms with E-state index in [9.17, 15) is 4.79 Å². The average molecular weight is 299 g/mol. The molecule has 1 aliphatic carbocycles. The molecule has 1 aliphatic heterocycles. The standard InChI is InChI=1S/C17H21N3O2/c1-17(2,3)19-16(21)22-13-6-4-5-12-14(13)18-15-10-7-8-11(9-10)20(12)15/h4-6,10-11H,7-9H2,1-3H3,(H,19,21). The Kier molecular flexibility index (Phi) is 2.77. The summed E-state index contributed by atoms with van der Waals surface area (Å²) >= 11 is 0. The highest BCUT2D eigenvalue weighted by Gasteiger charge is 2.39. The quantitative estimate of drug-likeness (QED) is 0.872. The summed E-state index contributed by atoms with van der Waals surface area (Å²) in [6, 6.07) is 6.39. The molecule has 1 N–H and O–H groups in total. The van der Waals surface area contributed by atoms with Crippen LogP contribution in [0.2, 0.25) is 0 Å². The molecule has 2 atom stereocenters. The van der Waals surface area contributed by atoms with Crippen LogP contribution in [0.25, 0.3) is 11.0 Å². The molecule has 116 valence electrons. The third kappa shape index (κ3) is 2.07. The van der Waals surface area contributed by atoms with Crippen LogP contribution < -0.4 is 10.1 Å². The molecule has 1 amide bonds. The fourth-order valence-corrected chi connectivity index (χ4v) is 3.72. The summed E-state index contributed by atoms with van der Waals surface area (Å²) in [5.74, 6) is 2.28. The summed E-state index contributed by atoms with van der Waals surface area (Å²) in [6.45, 7) is 5.78. The lowest BCUT2D eigenvalue weighted by Gasteiger charge is -2.19. The number of ether oxygens (including phenoxy) is 1. The Labute approximate surface area is 129 Å². The number of imidazole rings is 1. The molecule has 22 heavy (non-hydrogen) atoms. The predicted octanol–water partition coefficient (Wildman–Crippen LogP) is 3.75. The molecule has 4 rings (SSSR count). The number of carbonyl (C=O) groups excluding carboxylic acids is 1. The molecule has 0 radical (unpaired) electrons. The number of nitrogens with zero attached hydrogens (tertiary/aromatic N) is 2. The molecule has 0 saturated heterocycles. The van der Waals surface area contributed by atoms with Crippen molar-refractivity contribution in [2.75, 3.05) is 0 Å². The van der Waals surface area contributed by atoms with Crippen molar-refractivity contribution in [2.24, 2.45) is 0 Å². The van der Waals surface area contributed by atoms with E-state index in [0.717, 1.165) is 11.0 Å². The maximum Gasteiger partial charge on any atom is 0.413 e. The van der Waals surface area contributed by atoms with Gasteiger partial charge in [0.1, 0.15) is 11.3 Å². The zero-order chi connectivity index (χ0) is 15.5. The van der Waals surface area contributed by atoms with Gasteiger partial charge in [0.2, 0.25) is 0 Å². The molecule has 2 unspecified atom stereocenters. The van der Waals surface area contributed by atoms with Gasteiger partial charge in [-0.25, -0.2) is 9.78 Å². The normalized spacial score (nSPS) is 22.9. The number of carbonyl (C=O) groups is 1. The number of rotatable bonds is 1. The molecular formula is C17H21N3O2. The van der Waals surface area contributed by atoms with E-state index in [4.69, 9.17) is 9.72 Å². The first-order valence-electron chi connectivity index (χ1n) is 7.93. The molecule has 2 aliphatic rings. The van der Waals surface area contributed by atoms with Gasteiger partial charge in [0, 0.05) is 17.5 Å². The Morgan fingerprint density at radius 3 is 2.95 bits per heavy atom. The number of benzene rings is 1. The van der Waals surface area contributed by atoms with Crippen LogP contribution >= 0.6 is 0 Å². The third-order valence-corrected chi connectivity index (χ3v) is 4.53. The maximum atomic E-state index is 12.0. The molecule has 1 aromatic carbocycles. The van der Waals surface area contributed by atoms with Gasteiger partial charge in [0.25, 0.3) is 0 Å². The first kappa shape index (κ1) is 13.6. The van der Waals surface area contributed by atoms with Gasteiger partial charge in [-0.15, -0.1) is 0 Å². The number of aromatic nitrogens is 2. The van der Waals surface area contributed by atoms with Crippen LogP contribution in [0.15, 0.2) is 18.2 Å². The first-order chi connectivity index (χ1) is 10.4. The van der Waals surface area contributed by atoms with Crippen LogP contribution in [0, 0.1) is 0 Å². The smallest absolute Gasteiger partial charge is 0.408 e. The first-order valence-corrected chi connectivity index (χ1v) is 7.93. The predicted molar refractivity (Wildman–Crippen MR) is 84.3 cm³/mol. The van der Waals surface area contributed by atoms with E-state index in [1.165, 1.54) is 25.1 Å². The highest BCUT2D eigenvalue weighted by molar-refractivity contribution is 5.86. The SMILES string of the molecule is CC(C)(C)NC(=O)Oc1cccc2c1nc1n2C2CCC1C2. The molecule has 1 saturated carbocycles. The molecule has 5 nitrogen and oxygen atoms in total. The van der Waals surface area contributed by atoms with E-state index in [0.29, 0.717) is 17.7 Å². The number of hydrogen-bond donors (Lipinski definition) is 1. The van der Waals surface area contributed by atoms with Gasteiger partial charge in [-0.1, -0.05) is 6.07 Å². The lowest BCUT2D eigenvalue weighted by atomic mass is 10.1. The molecular weight excluding hydrogens is 278 g/mol. The molecule has 5 heteroatoms. The van der Waals surface area contributed by atoms with Crippen molar-refractivity contribution in [3.8, 4) is 5.75 Å². The largest absolute Gasteiger partial charge is 0.413 e. The number of nitrogens with one attached hydrogen (secondary N) is 1. The molecule has 1 aromatic heterocycles. The van der Waals surface area contributed by atoms with Crippen molar-refractivity contribution in [2.45, 2.75) is 57.5 Å². The van der Waals surface area contributed by atoms with E-state index >= 15 is 0 Å². The molecule has 2 heterocycles. The topological polar surface area (TPSA) is 56.1 Å². The van der Waals surface area contributed by atoms with Crippen LogP contribution in [0.1, 0.15) is 57.8 Å². The lowest BCUT2D eigenvalue weighted by Crippen LogP contribution is -2.42.